The van der Waals surface area contributed by atoms with Gasteiger partial charge in [-0.15, -0.1) is 0 Å². The zero-order valence-corrected chi connectivity index (χ0v) is 8.46. The van der Waals surface area contributed by atoms with E-state index in [9.17, 15) is 4.79 Å². The Balaban J connectivity index is 2.99. The summed E-state index contributed by atoms with van der Waals surface area (Å²) in [7, 11) is 0. The van der Waals surface area contributed by atoms with Crippen molar-refractivity contribution in [3.8, 4) is 0 Å². The van der Waals surface area contributed by atoms with E-state index in [1.807, 2.05) is 0 Å². The molecule has 0 radical (unpaired) electrons. The quantitative estimate of drug-likeness (QED) is 0.339. The first kappa shape index (κ1) is 10.9. The Morgan fingerprint density at radius 2 is 2.21 bits per heavy atom. The second-order valence-corrected chi connectivity index (χ2v) is 3.28. The third kappa shape index (κ3) is 2.64. The number of Topliss-reactive ketones (excluding diaryl/α,β-unsaturated/α-hetero) is 1. The van der Waals surface area contributed by atoms with Gasteiger partial charge in [-0.25, -0.2) is 0 Å². The van der Waals surface area contributed by atoms with Crippen LogP contribution < -0.4 is 0 Å². The highest BCUT2D eigenvalue weighted by atomic mass is 35.5. The van der Waals surface area contributed by atoms with E-state index in [-0.39, 0.29) is 17.9 Å². The molecule has 0 aliphatic heterocycles. The van der Waals surface area contributed by atoms with Crippen LogP contribution in [0, 0.1) is 0 Å². The van der Waals surface area contributed by atoms with E-state index in [0.717, 1.165) is 0 Å². The van der Waals surface area contributed by atoms with Crippen molar-refractivity contribution in [2.75, 3.05) is 6.54 Å². The van der Waals surface area contributed by atoms with Crippen LogP contribution >= 0.6 is 23.2 Å². The number of azide groups is 1. The Bertz CT molecular complexity index is 413. The molecule has 0 unspecified atom stereocenters. The van der Waals surface area contributed by atoms with Crippen LogP contribution in [0.25, 0.3) is 10.4 Å². The maximum atomic E-state index is 11.4. The summed E-state index contributed by atoms with van der Waals surface area (Å²) in [6.45, 7) is -0.253. The van der Waals surface area contributed by atoms with Gasteiger partial charge in [0.1, 0.15) is 0 Å². The number of rotatable bonds is 3. The lowest BCUT2D eigenvalue weighted by molar-refractivity contribution is 0.100. The Hall–Kier alpha value is -1.22. The fourth-order valence-corrected chi connectivity index (χ4v) is 1.29. The summed E-state index contributed by atoms with van der Waals surface area (Å²) in [6.07, 6.45) is 0. The summed E-state index contributed by atoms with van der Waals surface area (Å²) in [4.78, 5) is 13.9. The Kier molecular flexibility index (Phi) is 3.77. The van der Waals surface area contributed by atoms with Gasteiger partial charge in [0.2, 0.25) is 0 Å². The number of carbonyl (C=O) groups is 1. The number of benzene rings is 1. The normalized spacial score (nSPS) is 9.29. The lowest BCUT2D eigenvalue weighted by Crippen LogP contribution is -2.03. The van der Waals surface area contributed by atoms with Crippen LogP contribution in [0.2, 0.25) is 10.0 Å². The van der Waals surface area contributed by atoms with E-state index in [0.29, 0.717) is 10.0 Å². The number of carbonyl (C=O) groups excluding carboxylic acids is 1. The van der Waals surface area contributed by atoms with Crippen molar-refractivity contribution in [1.82, 2.24) is 0 Å². The van der Waals surface area contributed by atoms with Crippen molar-refractivity contribution >= 4 is 29.0 Å². The standard InChI is InChI=1S/C8H5Cl2N3O/c9-5-1-2-7(10)6(3-5)8(14)4-12-13-11/h1-3H,4H2. The lowest BCUT2D eigenvalue weighted by Gasteiger charge is -2.00. The number of halogens is 2. The minimum Gasteiger partial charge on any atom is -0.294 e. The summed E-state index contributed by atoms with van der Waals surface area (Å²) in [6, 6.07) is 4.54. The van der Waals surface area contributed by atoms with Gasteiger partial charge in [-0.2, -0.15) is 0 Å². The first-order valence-electron chi connectivity index (χ1n) is 3.64. The molecule has 4 nitrogen and oxygen atoms in total. The van der Waals surface area contributed by atoms with Crippen LogP contribution in [0.15, 0.2) is 23.3 Å². The van der Waals surface area contributed by atoms with Crippen LogP contribution in [-0.2, 0) is 0 Å². The van der Waals surface area contributed by atoms with Gasteiger partial charge in [0.25, 0.3) is 0 Å². The van der Waals surface area contributed by atoms with Gasteiger partial charge in [-0.05, 0) is 23.7 Å². The minimum absolute atomic E-state index is 0.253. The maximum absolute atomic E-state index is 11.4. The van der Waals surface area contributed by atoms with E-state index in [2.05, 4.69) is 10.0 Å². The molecule has 1 rings (SSSR count). The molecule has 0 saturated heterocycles. The van der Waals surface area contributed by atoms with Gasteiger partial charge in [0.05, 0.1) is 11.6 Å². The molecule has 1 aromatic carbocycles. The van der Waals surface area contributed by atoms with Crippen molar-refractivity contribution in [3.63, 3.8) is 0 Å². The summed E-state index contributed by atoms with van der Waals surface area (Å²) in [5.41, 5.74) is 8.30. The SMILES string of the molecule is [N-]=[N+]=NCC(=O)c1cc(Cl)ccc1Cl. The molecule has 0 fully saturated rings. The van der Waals surface area contributed by atoms with Gasteiger partial charge in [0, 0.05) is 15.5 Å². The first-order valence-corrected chi connectivity index (χ1v) is 4.40. The molecule has 0 aliphatic carbocycles. The molecule has 0 spiro atoms. The van der Waals surface area contributed by atoms with Gasteiger partial charge >= 0.3 is 0 Å². The lowest BCUT2D eigenvalue weighted by atomic mass is 10.1. The van der Waals surface area contributed by atoms with Gasteiger partial charge in [-0.1, -0.05) is 28.3 Å². The topological polar surface area (TPSA) is 65.8 Å². The fourth-order valence-electron chi connectivity index (χ4n) is 0.892. The molecular formula is C8H5Cl2N3O. The number of hydrogen-bond donors (Lipinski definition) is 0. The molecule has 0 amide bonds. The highest BCUT2D eigenvalue weighted by Gasteiger charge is 2.09. The Labute approximate surface area is 90.1 Å². The summed E-state index contributed by atoms with van der Waals surface area (Å²) in [5, 5.41) is 3.86. The largest absolute Gasteiger partial charge is 0.294 e. The third-order valence-electron chi connectivity index (χ3n) is 1.51. The minimum atomic E-state index is -0.352. The predicted molar refractivity (Wildman–Crippen MR) is 54.8 cm³/mol. The summed E-state index contributed by atoms with van der Waals surface area (Å²) < 4.78 is 0. The van der Waals surface area contributed by atoms with E-state index >= 15 is 0 Å². The molecule has 0 N–H and O–H groups in total. The molecule has 0 aliphatic rings. The zero-order valence-electron chi connectivity index (χ0n) is 6.94. The average molecular weight is 230 g/mol. The first-order chi connectivity index (χ1) is 6.65. The molecule has 0 atom stereocenters. The zero-order chi connectivity index (χ0) is 10.6. The van der Waals surface area contributed by atoms with Crippen molar-refractivity contribution in [3.05, 3.63) is 44.3 Å². The molecule has 6 heteroatoms. The van der Waals surface area contributed by atoms with E-state index in [1.54, 1.807) is 6.07 Å². The predicted octanol–water partition coefficient (Wildman–Crippen LogP) is 3.49. The van der Waals surface area contributed by atoms with Crippen LogP contribution in [0.1, 0.15) is 10.4 Å². The van der Waals surface area contributed by atoms with Crippen LogP contribution in [0.3, 0.4) is 0 Å². The fraction of sp³-hybridized carbons (Fsp3) is 0.125. The highest BCUT2D eigenvalue weighted by molar-refractivity contribution is 6.36. The number of ketones is 1. The molecule has 0 aromatic heterocycles. The molecular weight excluding hydrogens is 225 g/mol. The number of nitrogens with zero attached hydrogens (tertiary/aromatic N) is 3. The molecule has 14 heavy (non-hydrogen) atoms. The van der Waals surface area contributed by atoms with Crippen LogP contribution in [-0.4, -0.2) is 12.3 Å². The van der Waals surface area contributed by atoms with Gasteiger partial charge in [-0.3, -0.25) is 4.79 Å². The Morgan fingerprint density at radius 1 is 1.50 bits per heavy atom. The molecule has 1 aromatic rings. The van der Waals surface area contributed by atoms with Gasteiger partial charge < -0.3 is 0 Å². The van der Waals surface area contributed by atoms with E-state index in [4.69, 9.17) is 28.7 Å². The van der Waals surface area contributed by atoms with Crippen molar-refractivity contribution < 1.29 is 4.79 Å². The van der Waals surface area contributed by atoms with E-state index < -0.39 is 0 Å². The highest BCUT2D eigenvalue weighted by Crippen LogP contribution is 2.20. The summed E-state index contributed by atoms with van der Waals surface area (Å²) >= 11 is 11.4. The van der Waals surface area contributed by atoms with E-state index in [1.165, 1.54) is 12.1 Å². The van der Waals surface area contributed by atoms with Gasteiger partial charge in [0.15, 0.2) is 5.78 Å². The molecule has 72 valence electrons. The average Bonchev–Trinajstić information content (AvgIpc) is 2.18. The van der Waals surface area contributed by atoms with Crippen molar-refractivity contribution in [2.24, 2.45) is 5.11 Å². The monoisotopic (exact) mass is 229 g/mol. The second-order valence-electron chi connectivity index (χ2n) is 2.44. The smallest absolute Gasteiger partial charge is 0.170 e. The Morgan fingerprint density at radius 3 is 2.86 bits per heavy atom. The van der Waals surface area contributed by atoms with Crippen LogP contribution in [0.4, 0.5) is 0 Å². The number of hydrogen-bond acceptors (Lipinski definition) is 2. The molecule has 0 heterocycles. The third-order valence-corrected chi connectivity index (χ3v) is 2.07. The maximum Gasteiger partial charge on any atom is 0.170 e. The van der Waals surface area contributed by atoms with Crippen molar-refractivity contribution in [1.29, 1.82) is 0 Å². The second kappa shape index (κ2) is 4.86. The van der Waals surface area contributed by atoms with Crippen molar-refractivity contribution in [2.45, 2.75) is 0 Å². The molecule has 0 saturated carbocycles. The van der Waals surface area contributed by atoms with Crippen LogP contribution in [0.5, 0.6) is 0 Å². The summed E-state index contributed by atoms with van der Waals surface area (Å²) in [5.74, 6) is -0.352. The molecule has 0 bridgehead atoms.